The van der Waals surface area contributed by atoms with Crippen molar-refractivity contribution in [2.45, 2.75) is 25.7 Å². The van der Waals surface area contributed by atoms with E-state index in [1.807, 2.05) is 23.1 Å². The maximum Gasteiger partial charge on any atom is 0.256 e. The monoisotopic (exact) mass is 364 g/mol. The number of H-pyrrole nitrogens is 1. The minimum Gasteiger partial charge on any atom is -0.338 e. The Bertz CT molecular complexity index is 1010. The third-order valence-electron chi connectivity index (χ3n) is 4.81. The number of carbonyl (C=O) groups excluding carboxylic acids is 1. The zero-order valence-corrected chi connectivity index (χ0v) is 15.0. The summed E-state index contributed by atoms with van der Waals surface area (Å²) in [5.74, 6) is 0.604. The van der Waals surface area contributed by atoms with Crippen LogP contribution in [0.15, 0.2) is 47.8 Å². The Hall–Kier alpha value is -3.29. The van der Waals surface area contributed by atoms with Gasteiger partial charge in [-0.2, -0.15) is 5.10 Å². The fourth-order valence-electron chi connectivity index (χ4n) is 3.57. The normalized spacial score (nSPS) is 17.1. The molecule has 27 heavy (non-hydrogen) atoms. The molecule has 0 bridgehead atoms. The van der Waals surface area contributed by atoms with Crippen LogP contribution in [0.1, 0.15) is 40.6 Å². The lowest BCUT2D eigenvalue weighted by molar-refractivity contribution is 0.0705. The largest absolute Gasteiger partial charge is 0.338 e. The van der Waals surface area contributed by atoms with Gasteiger partial charge in [-0.1, -0.05) is 12.1 Å². The molecule has 1 fully saturated rings. The molecule has 8 heteroatoms. The predicted molar refractivity (Wildman–Crippen MR) is 98.8 cm³/mol. The molecule has 1 atom stereocenters. The van der Waals surface area contributed by atoms with Gasteiger partial charge >= 0.3 is 0 Å². The van der Waals surface area contributed by atoms with Crippen LogP contribution in [0.3, 0.4) is 0 Å². The van der Waals surface area contributed by atoms with E-state index in [0.717, 1.165) is 18.5 Å². The number of piperidine rings is 1. The highest BCUT2D eigenvalue weighted by molar-refractivity contribution is 5.97. The number of amides is 1. The van der Waals surface area contributed by atoms with Crippen LogP contribution < -0.4 is 5.56 Å². The van der Waals surface area contributed by atoms with E-state index in [1.54, 1.807) is 24.0 Å². The topological polar surface area (TPSA) is 96.8 Å². The van der Waals surface area contributed by atoms with E-state index in [-0.39, 0.29) is 17.4 Å². The van der Waals surface area contributed by atoms with Crippen LogP contribution in [0.5, 0.6) is 0 Å². The third kappa shape index (κ3) is 3.51. The lowest BCUT2D eigenvalue weighted by atomic mass is 9.94. The second-order valence-corrected chi connectivity index (χ2v) is 6.70. The van der Waals surface area contributed by atoms with Gasteiger partial charge in [0.15, 0.2) is 0 Å². The first-order valence-corrected chi connectivity index (χ1v) is 8.93. The van der Waals surface area contributed by atoms with Crippen LogP contribution >= 0.6 is 0 Å². The number of hydrogen-bond acceptors (Lipinski definition) is 5. The zero-order valence-electron chi connectivity index (χ0n) is 15.0. The van der Waals surface area contributed by atoms with Crippen molar-refractivity contribution in [2.75, 3.05) is 13.1 Å². The molecular formula is C19H20N6O2. The number of aromatic amines is 1. The fourth-order valence-corrected chi connectivity index (χ4v) is 3.57. The molecule has 2 aromatic heterocycles. The Balaban J connectivity index is 1.61. The van der Waals surface area contributed by atoms with Gasteiger partial charge < -0.3 is 9.88 Å². The molecule has 3 aromatic rings. The summed E-state index contributed by atoms with van der Waals surface area (Å²) in [6.45, 7) is 2.99. The van der Waals surface area contributed by atoms with E-state index in [4.69, 9.17) is 0 Å². The molecule has 1 aliphatic rings. The summed E-state index contributed by atoms with van der Waals surface area (Å²) in [7, 11) is 0. The lowest BCUT2D eigenvalue weighted by Gasteiger charge is -2.33. The van der Waals surface area contributed by atoms with Crippen molar-refractivity contribution in [3.8, 4) is 5.69 Å². The van der Waals surface area contributed by atoms with Crippen molar-refractivity contribution >= 4 is 5.91 Å². The molecule has 1 saturated heterocycles. The number of rotatable bonds is 3. The highest BCUT2D eigenvalue weighted by Gasteiger charge is 2.28. The molecule has 1 aromatic carbocycles. The minimum absolute atomic E-state index is 0.0487. The number of benzene rings is 1. The highest BCUT2D eigenvalue weighted by Crippen LogP contribution is 2.27. The van der Waals surface area contributed by atoms with Gasteiger partial charge in [-0.15, -0.1) is 0 Å². The quantitative estimate of drug-likeness (QED) is 0.763. The van der Waals surface area contributed by atoms with Crippen molar-refractivity contribution in [1.29, 1.82) is 0 Å². The third-order valence-corrected chi connectivity index (χ3v) is 4.81. The van der Waals surface area contributed by atoms with Gasteiger partial charge in [0.05, 0.1) is 16.9 Å². The van der Waals surface area contributed by atoms with Gasteiger partial charge in [0, 0.05) is 25.1 Å². The first kappa shape index (κ1) is 17.1. The Morgan fingerprint density at radius 3 is 2.93 bits per heavy atom. The Kier molecular flexibility index (Phi) is 4.53. The number of nitrogens with one attached hydrogen (secondary N) is 1. The maximum absolute atomic E-state index is 13.2. The van der Waals surface area contributed by atoms with Gasteiger partial charge in [0.25, 0.3) is 11.5 Å². The number of aromatic nitrogens is 5. The van der Waals surface area contributed by atoms with E-state index in [2.05, 4.69) is 20.1 Å². The first-order chi connectivity index (χ1) is 13.1. The molecule has 0 saturated carbocycles. The standard InChI is InChI=1S/C19H20N6O2/c1-13-22-16(9-18(26)23-13)14-5-4-8-24(10-14)19(27)15-6-2-3-7-17(15)25-12-20-11-21-25/h2-3,6-7,9,11-12,14H,4-5,8,10H2,1H3,(H,22,23,26)/t14-/m0/s1. The molecule has 0 radical (unpaired) electrons. The molecule has 1 amide bonds. The van der Waals surface area contributed by atoms with Gasteiger partial charge in [-0.25, -0.2) is 14.6 Å². The highest BCUT2D eigenvalue weighted by atomic mass is 16.2. The lowest BCUT2D eigenvalue weighted by Crippen LogP contribution is -2.40. The molecule has 4 rings (SSSR count). The number of likely N-dealkylation sites (tertiary alicyclic amines) is 1. The van der Waals surface area contributed by atoms with Crippen LogP contribution in [0.25, 0.3) is 5.69 Å². The van der Waals surface area contributed by atoms with Crippen LogP contribution in [0, 0.1) is 6.92 Å². The maximum atomic E-state index is 13.2. The summed E-state index contributed by atoms with van der Waals surface area (Å²) >= 11 is 0. The molecule has 1 aliphatic heterocycles. The van der Waals surface area contributed by atoms with E-state index in [9.17, 15) is 9.59 Å². The van der Waals surface area contributed by atoms with Gasteiger partial charge in [0.1, 0.15) is 18.5 Å². The molecule has 8 nitrogen and oxygen atoms in total. The summed E-state index contributed by atoms with van der Waals surface area (Å²) < 4.78 is 1.59. The van der Waals surface area contributed by atoms with Gasteiger partial charge in [-0.3, -0.25) is 9.59 Å². The smallest absolute Gasteiger partial charge is 0.256 e. The van der Waals surface area contributed by atoms with Crippen LogP contribution in [-0.4, -0.2) is 48.6 Å². The Labute approximate surface area is 155 Å². The van der Waals surface area contributed by atoms with E-state index < -0.39 is 0 Å². The summed E-state index contributed by atoms with van der Waals surface area (Å²) in [4.78, 5) is 37.9. The number of nitrogens with zero attached hydrogens (tertiary/aromatic N) is 5. The number of hydrogen-bond donors (Lipinski definition) is 1. The van der Waals surface area contributed by atoms with E-state index in [1.165, 1.54) is 12.4 Å². The van der Waals surface area contributed by atoms with Crippen molar-refractivity contribution in [3.05, 3.63) is 70.4 Å². The minimum atomic E-state index is -0.155. The van der Waals surface area contributed by atoms with E-state index in [0.29, 0.717) is 30.2 Å². The fraction of sp³-hybridized carbons (Fsp3) is 0.316. The summed E-state index contributed by atoms with van der Waals surface area (Å²) in [5, 5.41) is 4.14. The van der Waals surface area contributed by atoms with Gasteiger partial charge in [0.2, 0.25) is 0 Å². The summed E-state index contributed by atoms with van der Waals surface area (Å²) in [6.07, 6.45) is 4.80. The first-order valence-electron chi connectivity index (χ1n) is 8.93. The second kappa shape index (κ2) is 7.14. The van der Waals surface area contributed by atoms with Crippen LogP contribution in [-0.2, 0) is 0 Å². The molecular weight excluding hydrogens is 344 g/mol. The second-order valence-electron chi connectivity index (χ2n) is 6.70. The van der Waals surface area contributed by atoms with Crippen molar-refractivity contribution in [2.24, 2.45) is 0 Å². The molecule has 3 heterocycles. The van der Waals surface area contributed by atoms with Crippen LogP contribution in [0.2, 0.25) is 0 Å². The average Bonchev–Trinajstić information content (AvgIpc) is 3.21. The van der Waals surface area contributed by atoms with E-state index >= 15 is 0 Å². The molecule has 0 aliphatic carbocycles. The number of carbonyl (C=O) groups is 1. The SMILES string of the molecule is Cc1nc([C@H]2CCCN(C(=O)c3ccccc3-n3cncn3)C2)cc(=O)[nH]1. The van der Waals surface area contributed by atoms with Crippen molar-refractivity contribution in [3.63, 3.8) is 0 Å². The average molecular weight is 364 g/mol. The number of aryl methyl sites for hydroxylation is 1. The summed E-state index contributed by atoms with van der Waals surface area (Å²) in [5.41, 5.74) is 1.88. The molecule has 0 spiro atoms. The van der Waals surface area contributed by atoms with Gasteiger partial charge in [-0.05, 0) is 31.9 Å². The molecule has 138 valence electrons. The molecule has 1 N–H and O–H groups in total. The zero-order chi connectivity index (χ0) is 18.8. The van der Waals surface area contributed by atoms with Crippen molar-refractivity contribution < 1.29 is 4.79 Å². The number of para-hydroxylation sites is 1. The van der Waals surface area contributed by atoms with Crippen LogP contribution in [0.4, 0.5) is 0 Å². The Morgan fingerprint density at radius 2 is 2.15 bits per heavy atom. The van der Waals surface area contributed by atoms with Crippen molar-refractivity contribution in [1.82, 2.24) is 29.6 Å². The Morgan fingerprint density at radius 1 is 1.30 bits per heavy atom. The predicted octanol–water partition coefficient (Wildman–Crippen LogP) is 1.68. The molecule has 0 unspecified atom stereocenters. The summed E-state index contributed by atoms with van der Waals surface area (Å²) in [6, 6.07) is 8.91.